The fourth-order valence-electron chi connectivity index (χ4n) is 3.70. The normalized spacial score (nSPS) is 23.8. The Bertz CT molecular complexity index is 774. The molecule has 0 spiro atoms. The van der Waals surface area contributed by atoms with E-state index in [2.05, 4.69) is 14.9 Å². The number of rotatable bonds is 2. The van der Waals surface area contributed by atoms with E-state index in [1.165, 1.54) is 25.2 Å². The van der Waals surface area contributed by atoms with Crippen molar-refractivity contribution in [2.75, 3.05) is 18.1 Å². The lowest BCUT2D eigenvalue weighted by molar-refractivity contribution is -0.00959. The second-order valence-electron chi connectivity index (χ2n) is 6.39. The Hall–Kier alpha value is -2.28. The maximum absolute atomic E-state index is 12.5. The fraction of sp³-hybridized carbons (Fsp3) is 0.529. The standard InChI is InChI=1S/C17H21N5O2/c1-21-16(23)10-13(12-6-7-18-11-19-12)20-17(21)22-8-9-24-15-5-3-2-4-14(15)22/h6-7,10-11,14-15H,2-5,8-9H2,1H3/t14-,15?/m0/s1. The van der Waals surface area contributed by atoms with Gasteiger partial charge in [0.2, 0.25) is 5.95 Å². The Morgan fingerprint density at radius 1 is 1.25 bits per heavy atom. The summed E-state index contributed by atoms with van der Waals surface area (Å²) >= 11 is 0. The maximum Gasteiger partial charge on any atom is 0.255 e. The third-order valence-electron chi connectivity index (χ3n) is 4.94. The van der Waals surface area contributed by atoms with Gasteiger partial charge in [-0.05, 0) is 18.9 Å². The van der Waals surface area contributed by atoms with Gasteiger partial charge >= 0.3 is 0 Å². The van der Waals surface area contributed by atoms with E-state index >= 15 is 0 Å². The van der Waals surface area contributed by atoms with E-state index in [9.17, 15) is 4.79 Å². The molecule has 1 aliphatic heterocycles. The molecule has 0 aromatic carbocycles. The van der Waals surface area contributed by atoms with Crippen molar-refractivity contribution in [2.24, 2.45) is 7.05 Å². The molecule has 0 bridgehead atoms. The first-order valence-electron chi connectivity index (χ1n) is 8.47. The van der Waals surface area contributed by atoms with Crippen LogP contribution in [0.1, 0.15) is 25.7 Å². The predicted octanol–water partition coefficient (Wildman–Crippen LogP) is 1.39. The van der Waals surface area contributed by atoms with Crippen molar-refractivity contribution in [3.63, 3.8) is 0 Å². The minimum absolute atomic E-state index is 0.0764. The third-order valence-corrected chi connectivity index (χ3v) is 4.94. The molecule has 3 heterocycles. The molecule has 7 heteroatoms. The first-order chi connectivity index (χ1) is 11.7. The molecule has 24 heavy (non-hydrogen) atoms. The van der Waals surface area contributed by atoms with Crippen LogP contribution in [0.2, 0.25) is 0 Å². The molecule has 0 N–H and O–H groups in total. The van der Waals surface area contributed by atoms with Crippen LogP contribution in [-0.4, -0.2) is 44.8 Å². The van der Waals surface area contributed by atoms with Crippen LogP contribution in [0.3, 0.4) is 0 Å². The number of ether oxygens (including phenoxy) is 1. The molecule has 2 aromatic rings. The average Bonchev–Trinajstić information content (AvgIpc) is 2.64. The molecule has 2 aromatic heterocycles. The molecule has 2 atom stereocenters. The van der Waals surface area contributed by atoms with E-state index in [4.69, 9.17) is 9.72 Å². The van der Waals surface area contributed by atoms with E-state index in [0.29, 0.717) is 30.0 Å². The van der Waals surface area contributed by atoms with Gasteiger partial charge in [-0.1, -0.05) is 12.8 Å². The first kappa shape index (κ1) is 15.3. The second-order valence-corrected chi connectivity index (χ2v) is 6.39. The van der Waals surface area contributed by atoms with Crippen LogP contribution in [0.4, 0.5) is 5.95 Å². The number of aromatic nitrogens is 4. The summed E-state index contributed by atoms with van der Waals surface area (Å²) in [6.07, 6.45) is 7.95. The summed E-state index contributed by atoms with van der Waals surface area (Å²) in [4.78, 5) is 27.6. The summed E-state index contributed by atoms with van der Waals surface area (Å²) in [7, 11) is 1.78. The zero-order valence-corrected chi connectivity index (χ0v) is 13.8. The van der Waals surface area contributed by atoms with Crippen LogP contribution < -0.4 is 10.5 Å². The molecule has 7 nitrogen and oxygen atoms in total. The molecule has 0 amide bonds. The lowest BCUT2D eigenvalue weighted by atomic mass is 9.90. The summed E-state index contributed by atoms with van der Waals surface area (Å²) < 4.78 is 7.57. The zero-order chi connectivity index (χ0) is 16.5. The van der Waals surface area contributed by atoms with Crippen molar-refractivity contribution < 1.29 is 4.74 Å². The smallest absolute Gasteiger partial charge is 0.255 e. The number of fused-ring (bicyclic) bond motifs is 1. The molecule has 1 unspecified atom stereocenters. The highest BCUT2D eigenvalue weighted by Gasteiger charge is 2.36. The van der Waals surface area contributed by atoms with Gasteiger partial charge in [0, 0.05) is 25.9 Å². The summed E-state index contributed by atoms with van der Waals surface area (Å²) in [5.41, 5.74) is 1.18. The Morgan fingerprint density at radius 3 is 2.96 bits per heavy atom. The summed E-state index contributed by atoms with van der Waals surface area (Å²) in [5.74, 6) is 0.705. The zero-order valence-electron chi connectivity index (χ0n) is 13.8. The van der Waals surface area contributed by atoms with Gasteiger partial charge in [0.25, 0.3) is 5.56 Å². The number of nitrogens with zero attached hydrogens (tertiary/aromatic N) is 5. The maximum atomic E-state index is 12.5. The highest BCUT2D eigenvalue weighted by Crippen LogP contribution is 2.31. The monoisotopic (exact) mass is 327 g/mol. The van der Waals surface area contributed by atoms with E-state index in [1.807, 2.05) is 0 Å². The van der Waals surface area contributed by atoms with Gasteiger partial charge in [-0.3, -0.25) is 9.36 Å². The van der Waals surface area contributed by atoms with Gasteiger partial charge in [0.1, 0.15) is 6.33 Å². The Kier molecular flexibility index (Phi) is 4.02. The first-order valence-corrected chi connectivity index (χ1v) is 8.47. The molecule has 126 valence electrons. The highest BCUT2D eigenvalue weighted by atomic mass is 16.5. The molecule has 4 rings (SSSR count). The van der Waals surface area contributed by atoms with Crippen molar-refractivity contribution in [1.29, 1.82) is 0 Å². The van der Waals surface area contributed by atoms with Crippen molar-refractivity contribution >= 4 is 5.95 Å². The van der Waals surface area contributed by atoms with Crippen molar-refractivity contribution in [2.45, 2.75) is 37.8 Å². The van der Waals surface area contributed by atoms with Gasteiger partial charge in [-0.15, -0.1) is 0 Å². The molecule has 1 saturated carbocycles. The Morgan fingerprint density at radius 2 is 2.12 bits per heavy atom. The van der Waals surface area contributed by atoms with Crippen molar-refractivity contribution in [3.05, 3.63) is 35.0 Å². The average molecular weight is 327 g/mol. The Labute approximate surface area is 140 Å². The molecular weight excluding hydrogens is 306 g/mol. The quantitative estimate of drug-likeness (QED) is 0.830. The van der Waals surface area contributed by atoms with Crippen LogP contribution in [0.15, 0.2) is 29.5 Å². The van der Waals surface area contributed by atoms with Crippen LogP contribution in [0.5, 0.6) is 0 Å². The van der Waals surface area contributed by atoms with E-state index in [1.54, 1.807) is 23.9 Å². The largest absolute Gasteiger partial charge is 0.374 e. The minimum atomic E-state index is -0.0764. The number of anilines is 1. The second kappa shape index (κ2) is 6.32. The lowest BCUT2D eigenvalue weighted by Gasteiger charge is -2.44. The van der Waals surface area contributed by atoms with Gasteiger partial charge in [-0.25, -0.2) is 15.0 Å². The van der Waals surface area contributed by atoms with E-state index in [-0.39, 0.29) is 11.7 Å². The minimum Gasteiger partial charge on any atom is -0.374 e. The molecule has 1 aliphatic carbocycles. The van der Waals surface area contributed by atoms with E-state index in [0.717, 1.165) is 19.4 Å². The number of hydrogen-bond donors (Lipinski definition) is 0. The summed E-state index contributed by atoms with van der Waals surface area (Å²) in [5, 5.41) is 0. The van der Waals surface area contributed by atoms with Crippen LogP contribution in [-0.2, 0) is 11.8 Å². The topological polar surface area (TPSA) is 73.1 Å². The predicted molar refractivity (Wildman–Crippen MR) is 89.8 cm³/mol. The molecule has 2 aliphatic rings. The van der Waals surface area contributed by atoms with Crippen LogP contribution in [0, 0.1) is 0 Å². The molecule has 0 radical (unpaired) electrons. The van der Waals surface area contributed by atoms with Crippen molar-refractivity contribution in [3.8, 4) is 11.4 Å². The highest BCUT2D eigenvalue weighted by molar-refractivity contribution is 5.55. The summed E-state index contributed by atoms with van der Waals surface area (Å²) in [6, 6.07) is 3.60. The van der Waals surface area contributed by atoms with Crippen molar-refractivity contribution in [1.82, 2.24) is 19.5 Å². The van der Waals surface area contributed by atoms with E-state index < -0.39 is 0 Å². The SMILES string of the molecule is Cn1c(N2CCOC3CCCC[C@@H]32)nc(-c2ccncn2)cc1=O. The fourth-order valence-corrected chi connectivity index (χ4v) is 3.70. The Balaban J connectivity index is 1.77. The lowest BCUT2D eigenvalue weighted by Crippen LogP contribution is -2.54. The third kappa shape index (κ3) is 2.69. The number of hydrogen-bond acceptors (Lipinski definition) is 6. The van der Waals surface area contributed by atoms with Gasteiger partial charge < -0.3 is 9.64 Å². The molecule has 1 saturated heterocycles. The van der Waals surface area contributed by atoms with Gasteiger partial charge in [0.15, 0.2) is 0 Å². The molecular formula is C17H21N5O2. The summed E-state index contributed by atoms with van der Waals surface area (Å²) in [6.45, 7) is 1.43. The van der Waals surface area contributed by atoms with Crippen LogP contribution in [0.25, 0.3) is 11.4 Å². The van der Waals surface area contributed by atoms with Crippen LogP contribution >= 0.6 is 0 Å². The van der Waals surface area contributed by atoms with Gasteiger partial charge in [-0.2, -0.15) is 0 Å². The number of morpholine rings is 1. The van der Waals surface area contributed by atoms with Gasteiger partial charge in [0.05, 0.1) is 30.1 Å². The molecule has 2 fully saturated rings.